The number of ketones is 1. The van der Waals surface area contributed by atoms with Crippen LogP contribution in [0.3, 0.4) is 0 Å². The van der Waals surface area contributed by atoms with Gasteiger partial charge in [0.1, 0.15) is 0 Å². The minimum absolute atomic E-state index is 0.0780. The molecule has 0 saturated heterocycles. The second kappa shape index (κ2) is 9.88. The molecule has 36 heavy (non-hydrogen) atoms. The summed E-state index contributed by atoms with van der Waals surface area (Å²) >= 11 is 0. The van der Waals surface area contributed by atoms with E-state index in [1.807, 2.05) is 77.3 Å². The zero-order chi connectivity index (χ0) is 25.1. The van der Waals surface area contributed by atoms with Crippen molar-refractivity contribution < 1.29 is 9.59 Å². The van der Waals surface area contributed by atoms with E-state index in [2.05, 4.69) is 28.6 Å². The number of para-hydroxylation sites is 1. The van der Waals surface area contributed by atoms with Gasteiger partial charge in [0.2, 0.25) is 0 Å². The van der Waals surface area contributed by atoms with Gasteiger partial charge in [-0.25, -0.2) is 4.98 Å². The van der Waals surface area contributed by atoms with E-state index in [0.717, 1.165) is 51.5 Å². The molecule has 0 bridgehead atoms. The molecule has 0 atom stereocenters. The van der Waals surface area contributed by atoms with E-state index in [0.29, 0.717) is 5.56 Å². The highest BCUT2D eigenvalue weighted by atomic mass is 16.1. The van der Waals surface area contributed by atoms with Crippen molar-refractivity contribution >= 4 is 34.4 Å². The first-order chi connectivity index (χ1) is 17.5. The van der Waals surface area contributed by atoms with Crippen molar-refractivity contribution in [1.29, 1.82) is 0 Å². The Balaban J connectivity index is 1.39. The lowest BCUT2D eigenvalue weighted by atomic mass is 9.98. The maximum atomic E-state index is 12.5. The van der Waals surface area contributed by atoms with Crippen molar-refractivity contribution in [2.24, 2.45) is 0 Å². The number of Topliss-reactive ketones (excluding diaryl/α,β-unsaturated/α-hetero) is 1. The van der Waals surface area contributed by atoms with Crippen LogP contribution in [0.4, 0.5) is 17.1 Å². The van der Waals surface area contributed by atoms with Crippen LogP contribution in [-0.4, -0.2) is 21.1 Å². The van der Waals surface area contributed by atoms with Gasteiger partial charge in [0.05, 0.1) is 11.4 Å². The number of nitrogens with one attached hydrogen (secondary N) is 2. The monoisotopic (exact) mass is 474 g/mol. The van der Waals surface area contributed by atoms with Crippen molar-refractivity contribution in [3.8, 4) is 11.3 Å². The first-order valence-corrected chi connectivity index (χ1v) is 11.9. The number of fused-ring (bicyclic) bond motifs is 1. The highest BCUT2D eigenvalue weighted by molar-refractivity contribution is 6.04. The minimum atomic E-state index is -0.157. The molecule has 2 aromatic heterocycles. The van der Waals surface area contributed by atoms with E-state index in [-0.39, 0.29) is 11.7 Å². The molecule has 2 N–H and O–H groups in total. The molecule has 0 aliphatic heterocycles. The van der Waals surface area contributed by atoms with Crippen LogP contribution in [0, 0.1) is 0 Å². The van der Waals surface area contributed by atoms with Crippen molar-refractivity contribution in [3.05, 3.63) is 114 Å². The fourth-order valence-electron chi connectivity index (χ4n) is 4.32. The molecule has 5 aromatic rings. The molecule has 0 unspecified atom stereocenters. The number of anilines is 3. The zero-order valence-corrected chi connectivity index (χ0v) is 20.2. The third kappa shape index (κ3) is 4.61. The molecule has 6 nitrogen and oxygen atoms in total. The largest absolute Gasteiger partial charge is 0.352 e. The summed E-state index contributed by atoms with van der Waals surface area (Å²) in [5, 5.41) is 6.31. The van der Waals surface area contributed by atoms with Crippen LogP contribution in [0.1, 0.15) is 40.1 Å². The fourth-order valence-corrected chi connectivity index (χ4v) is 4.32. The maximum Gasteiger partial charge on any atom is 0.255 e. The molecule has 6 heteroatoms. The second-order valence-corrected chi connectivity index (χ2v) is 8.56. The number of carbonyl (C=O) groups is 2. The van der Waals surface area contributed by atoms with Gasteiger partial charge in [-0.15, -0.1) is 0 Å². The highest BCUT2D eigenvalue weighted by Gasteiger charge is 2.13. The van der Waals surface area contributed by atoms with Crippen LogP contribution >= 0.6 is 0 Å². The molecular formula is C30H26N4O2. The first kappa shape index (κ1) is 23.1. The smallest absolute Gasteiger partial charge is 0.255 e. The molecule has 0 saturated carbocycles. The van der Waals surface area contributed by atoms with Gasteiger partial charge in [-0.1, -0.05) is 37.3 Å². The number of carbonyl (C=O) groups excluding carboxylic acids is 2. The summed E-state index contributed by atoms with van der Waals surface area (Å²) in [6.45, 7) is 3.66. The third-order valence-electron chi connectivity index (χ3n) is 6.17. The standard InChI is InChI=1S/C30H26N4O2/c1-3-21-19-23(11-14-26(21)20(2)35)28-16-15-27(29-31-17-18-34(28)29)32-25-12-9-22(10-13-25)30(36)33-24-7-5-4-6-8-24/h4-19,32H,3H2,1-2H3,(H,33,36). The number of imidazole rings is 1. The lowest BCUT2D eigenvalue weighted by molar-refractivity contribution is 0.101. The Morgan fingerprint density at radius 3 is 2.39 bits per heavy atom. The molecule has 2 heterocycles. The summed E-state index contributed by atoms with van der Waals surface area (Å²) in [5.41, 5.74) is 7.64. The van der Waals surface area contributed by atoms with Crippen LogP contribution in [0.5, 0.6) is 0 Å². The molecule has 0 aliphatic rings. The number of hydrogen-bond acceptors (Lipinski definition) is 4. The number of pyridine rings is 1. The van der Waals surface area contributed by atoms with Crippen molar-refractivity contribution in [2.45, 2.75) is 20.3 Å². The summed E-state index contributed by atoms with van der Waals surface area (Å²) in [5.74, 6) is -0.0794. The molecule has 5 rings (SSSR count). The summed E-state index contributed by atoms with van der Waals surface area (Å²) in [6, 6.07) is 26.7. The number of benzene rings is 3. The second-order valence-electron chi connectivity index (χ2n) is 8.56. The van der Waals surface area contributed by atoms with Crippen LogP contribution in [-0.2, 0) is 6.42 Å². The molecular weight excluding hydrogens is 448 g/mol. The Hall–Kier alpha value is -4.71. The normalized spacial score (nSPS) is 10.8. The van der Waals surface area contributed by atoms with Gasteiger partial charge in [-0.3, -0.25) is 14.0 Å². The van der Waals surface area contributed by atoms with E-state index in [1.165, 1.54) is 0 Å². The summed E-state index contributed by atoms with van der Waals surface area (Å²) in [6.07, 6.45) is 4.48. The molecule has 0 aliphatic carbocycles. The van der Waals surface area contributed by atoms with Gasteiger partial charge in [-0.2, -0.15) is 0 Å². The van der Waals surface area contributed by atoms with Crippen molar-refractivity contribution in [1.82, 2.24) is 9.38 Å². The summed E-state index contributed by atoms with van der Waals surface area (Å²) in [7, 11) is 0. The number of aromatic nitrogens is 2. The quantitative estimate of drug-likeness (QED) is 0.256. The minimum Gasteiger partial charge on any atom is -0.352 e. The molecule has 0 radical (unpaired) electrons. The number of amides is 1. The van der Waals surface area contributed by atoms with Gasteiger partial charge in [-0.05, 0) is 79.1 Å². The first-order valence-electron chi connectivity index (χ1n) is 11.9. The lowest BCUT2D eigenvalue weighted by Crippen LogP contribution is -2.11. The number of aryl methyl sites for hydroxylation is 1. The van der Waals surface area contributed by atoms with E-state index < -0.39 is 0 Å². The highest BCUT2D eigenvalue weighted by Crippen LogP contribution is 2.29. The number of rotatable bonds is 7. The predicted octanol–water partition coefficient (Wildman–Crippen LogP) is 6.76. The van der Waals surface area contributed by atoms with E-state index >= 15 is 0 Å². The van der Waals surface area contributed by atoms with E-state index in [1.54, 1.807) is 25.3 Å². The van der Waals surface area contributed by atoms with Crippen molar-refractivity contribution in [3.63, 3.8) is 0 Å². The molecule has 1 amide bonds. The molecule has 0 spiro atoms. The zero-order valence-electron chi connectivity index (χ0n) is 20.2. The van der Waals surface area contributed by atoms with Crippen LogP contribution in [0.2, 0.25) is 0 Å². The van der Waals surface area contributed by atoms with Gasteiger partial charge in [0.25, 0.3) is 5.91 Å². The van der Waals surface area contributed by atoms with Gasteiger partial charge >= 0.3 is 0 Å². The van der Waals surface area contributed by atoms with E-state index in [9.17, 15) is 9.59 Å². The Morgan fingerprint density at radius 2 is 1.67 bits per heavy atom. The number of hydrogen-bond donors (Lipinski definition) is 2. The third-order valence-corrected chi connectivity index (χ3v) is 6.17. The fraction of sp³-hybridized carbons (Fsp3) is 0.100. The molecule has 3 aromatic carbocycles. The van der Waals surface area contributed by atoms with Gasteiger partial charge in [0.15, 0.2) is 11.4 Å². The lowest BCUT2D eigenvalue weighted by Gasteiger charge is -2.14. The summed E-state index contributed by atoms with van der Waals surface area (Å²) in [4.78, 5) is 29.1. The van der Waals surface area contributed by atoms with Crippen molar-refractivity contribution in [2.75, 3.05) is 10.6 Å². The van der Waals surface area contributed by atoms with Gasteiger partial charge < -0.3 is 10.6 Å². The SMILES string of the molecule is CCc1cc(-c2ccc(Nc3ccc(C(=O)Nc4ccccc4)cc3)c3nccn23)ccc1C(C)=O. The van der Waals surface area contributed by atoms with E-state index in [4.69, 9.17) is 0 Å². The average Bonchev–Trinajstić information content (AvgIpc) is 3.40. The average molecular weight is 475 g/mol. The molecule has 178 valence electrons. The Labute approximate surface area is 209 Å². The Kier molecular flexibility index (Phi) is 6.33. The van der Waals surface area contributed by atoms with Crippen LogP contribution in [0.15, 0.2) is 97.3 Å². The van der Waals surface area contributed by atoms with Crippen LogP contribution < -0.4 is 10.6 Å². The van der Waals surface area contributed by atoms with Gasteiger partial charge in [0, 0.05) is 34.9 Å². The summed E-state index contributed by atoms with van der Waals surface area (Å²) < 4.78 is 2.03. The molecule has 0 fully saturated rings. The Morgan fingerprint density at radius 1 is 0.889 bits per heavy atom. The van der Waals surface area contributed by atoms with Crippen LogP contribution in [0.25, 0.3) is 16.9 Å². The number of nitrogens with zero attached hydrogens (tertiary/aromatic N) is 2. The predicted molar refractivity (Wildman–Crippen MR) is 144 cm³/mol. The topological polar surface area (TPSA) is 75.5 Å². The maximum absolute atomic E-state index is 12.5. The Bertz CT molecular complexity index is 1550.